The number of pyridine rings is 1. The highest BCUT2D eigenvalue weighted by Crippen LogP contribution is 2.35. The van der Waals surface area contributed by atoms with E-state index in [0.717, 1.165) is 43.6 Å². The van der Waals surface area contributed by atoms with Crippen LogP contribution in [0.3, 0.4) is 0 Å². The highest BCUT2D eigenvalue weighted by molar-refractivity contribution is 6.76. The van der Waals surface area contributed by atoms with Crippen molar-refractivity contribution in [3.63, 3.8) is 0 Å². The smallest absolute Gasteiger partial charge is 0.396 e. The van der Waals surface area contributed by atoms with Gasteiger partial charge in [0.1, 0.15) is 12.6 Å². The minimum Gasteiger partial charge on any atom is -0.396 e. The molecule has 0 aliphatic heterocycles. The molecule has 0 radical (unpaired) electrons. The largest absolute Gasteiger partial charge is 0.434 e. The summed E-state index contributed by atoms with van der Waals surface area (Å²) in [5.74, 6) is 0.903. The minimum absolute atomic E-state index is 0.0236. The molecule has 9 heteroatoms. The topological polar surface area (TPSA) is 60.2 Å². The fourth-order valence-electron chi connectivity index (χ4n) is 3.84. The molecule has 0 saturated heterocycles. The Morgan fingerprint density at radius 3 is 2.42 bits per heavy atom. The molecule has 1 aliphatic rings. The number of hydrogen-bond donors (Lipinski definition) is 1. The molecule has 0 amide bonds. The van der Waals surface area contributed by atoms with Gasteiger partial charge in [-0.3, -0.25) is 4.98 Å². The van der Waals surface area contributed by atoms with E-state index in [1.165, 1.54) is 4.57 Å². The molecule has 1 saturated carbocycles. The molecule has 0 unspecified atom stereocenters. The number of aromatic nitrogens is 3. The summed E-state index contributed by atoms with van der Waals surface area (Å²) in [6.07, 6.45) is 1.97. The van der Waals surface area contributed by atoms with Crippen LogP contribution in [-0.2, 0) is 17.6 Å². The summed E-state index contributed by atoms with van der Waals surface area (Å²) in [6, 6.07) is 4.62. The number of halogens is 3. The number of hydrogen-bond acceptors (Lipinski definition) is 4. The molecule has 2 aromatic heterocycles. The van der Waals surface area contributed by atoms with Crippen molar-refractivity contribution in [3.05, 3.63) is 35.9 Å². The maximum absolute atomic E-state index is 13.3. The van der Waals surface area contributed by atoms with Crippen LogP contribution in [0.5, 0.6) is 0 Å². The van der Waals surface area contributed by atoms with Crippen molar-refractivity contribution in [2.45, 2.75) is 70.2 Å². The van der Waals surface area contributed by atoms with Gasteiger partial charge in [-0.15, -0.1) is 0 Å². The normalized spacial score (nSPS) is 20.2. The molecule has 0 atom stereocenters. The zero-order valence-corrected chi connectivity index (χ0v) is 19.5. The van der Waals surface area contributed by atoms with Crippen LogP contribution in [0.2, 0.25) is 25.7 Å². The number of ether oxygens (including phenoxy) is 1. The molecular weight excluding hydrogens is 423 g/mol. The molecule has 1 N–H and O–H groups in total. The van der Waals surface area contributed by atoms with E-state index in [0.29, 0.717) is 24.0 Å². The standard InChI is InChI=1S/C22H32F3N3O2Si/c1-31(2,3)11-10-30-15-28-13-20(22(23,24)25)27-21(28)18-8-9-19(26-12-18)17-6-4-16(14-29)5-7-17/h8-9,12-13,16-17,29H,4-7,10-11,14-15H2,1-3H3. The van der Waals surface area contributed by atoms with Gasteiger partial charge < -0.3 is 14.4 Å². The van der Waals surface area contributed by atoms with Crippen molar-refractivity contribution in [2.75, 3.05) is 13.2 Å². The van der Waals surface area contributed by atoms with Crippen LogP contribution in [0.15, 0.2) is 24.5 Å². The summed E-state index contributed by atoms with van der Waals surface area (Å²) in [4.78, 5) is 8.38. The number of alkyl halides is 3. The monoisotopic (exact) mass is 455 g/mol. The minimum atomic E-state index is -4.52. The third-order valence-corrected chi connectivity index (χ3v) is 7.57. The molecule has 5 nitrogen and oxygen atoms in total. The van der Waals surface area contributed by atoms with Gasteiger partial charge in [-0.1, -0.05) is 19.6 Å². The van der Waals surface area contributed by atoms with E-state index < -0.39 is 19.9 Å². The van der Waals surface area contributed by atoms with Gasteiger partial charge >= 0.3 is 6.18 Å². The highest BCUT2D eigenvalue weighted by Gasteiger charge is 2.35. The van der Waals surface area contributed by atoms with Gasteiger partial charge in [0, 0.05) is 50.9 Å². The number of aliphatic hydroxyl groups excluding tert-OH is 1. The van der Waals surface area contributed by atoms with Gasteiger partial charge in [0.15, 0.2) is 5.69 Å². The zero-order valence-electron chi connectivity index (χ0n) is 18.5. The molecule has 2 aromatic rings. The number of nitrogens with zero attached hydrogens (tertiary/aromatic N) is 3. The van der Waals surface area contributed by atoms with Gasteiger partial charge in [0.2, 0.25) is 0 Å². The average Bonchev–Trinajstić information content (AvgIpc) is 3.15. The molecule has 172 valence electrons. The predicted octanol–water partition coefficient (Wildman–Crippen LogP) is 5.54. The van der Waals surface area contributed by atoms with E-state index in [-0.39, 0.29) is 19.2 Å². The molecule has 31 heavy (non-hydrogen) atoms. The van der Waals surface area contributed by atoms with Crippen molar-refractivity contribution in [2.24, 2.45) is 5.92 Å². The van der Waals surface area contributed by atoms with Crippen LogP contribution in [-0.4, -0.2) is 40.9 Å². The van der Waals surface area contributed by atoms with E-state index in [1.54, 1.807) is 12.3 Å². The first kappa shape index (κ1) is 23.9. The van der Waals surface area contributed by atoms with Crippen molar-refractivity contribution in [1.29, 1.82) is 0 Å². The molecule has 1 aliphatic carbocycles. The number of rotatable bonds is 8. The summed E-state index contributed by atoms with van der Waals surface area (Å²) in [5.41, 5.74) is 0.556. The van der Waals surface area contributed by atoms with Crippen LogP contribution in [0.25, 0.3) is 11.4 Å². The van der Waals surface area contributed by atoms with E-state index in [2.05, 4.69) is 29.6 Å². The first-order valence-electron chi connectivity index (χ1n) is 10.9. The lowest BCUT2D eigenvalue weighted by Gasteiger charge is -2.26. The second-order valence-electron chi connectivity index (χ2n) is 9.64. The fourth-order valence-corrected chi connectivity index (χ4v) is 4.60. The van der Waals surface area contributed by atoms with Crippen molar-refractivity contribution < 1.29 is 23.0 Å². The Bertz CT molecular complexity index is 839. The van der Waals surface area contributed by atoms with Crippen LogP contribution in [0.4, 0.5) is 13.2 Å². The van der Waals surface area contributed by atoms with Gasteiger partial charge in [0.25, 0.3) is 0 Å². The Kier molecular flexibility index (Phi) is 7.59. The molecule has 3 rings (SSSR count). The van der Waals surface area contributed by atoms with Gasteiger partial charge in [0.05, 0.1) is 0 Å². The Morgan fingerprint density at radius 2 is 1.87 bits per heavy atom. The Hall–Kier alpha value is -1.71. The highest BCUT2D eigenvalue weighted by atomic mass is 28.3. The first-order chi connectivity index (χ1) is 14.6. The van der Waals surface area contributed by atoms with Crippen LogP contribution < -0.4 is 0 Å². The third kappa shape index (κ3) is 6.63. The Morgan fingerprint density at radius 1 is 1.16 bits per heavy atom. The van der Waals surface area contributed by atoms with Crippen molar-refractivity contribution in [1.82, 2.24) is 14.5 Å². The van der Waals surface area contributed by atoms with Crippen LogP contribution >= 0.6 is 0 Å². The lowest BCUT2D eigenvalue weighted by Crippen LogP contribution is -2.22. The maximum atomic E-state index is 13.3. The van der Waals surface area contributed by atoms with Crippen LogP contribution in [0, 0.1) is 5.92 Å². The Balaban J connectivity index is 1.74. The third-order valence-electron chi connectivity index (χ3n) is 5.86. The van der Waals surface area contributed by atoms with E-state index >= 15 is 0 Å². The van der Waals surface area contributed by atoms with E-state index in [1.807, 2.05) is 6.07 Å². The molecule has 0 aromatic carbocycles. The van der Waals surface area contributed by atoms with E-state index in [9.17, 15) is 18.3 Å². The maximum Gasteiger partial charge on any atom is 0.434 e. The SMILES string of the molecule is C[Si](C)(C)CCOCn1cc(C(F)(F)F)nc1-c1ccc(C2CCC(CO)CC2)nc1. The molecule has 0 bridgehead atoms. The molecule has 2 heterocycles. The van der Waals surface area contributed by atoms with Crippen molar-refractivity contribution >= 4 is 8.07 Å². The molecule has 0 spiro atoms. The average molecular weight is 456 g/mol. The zero-order chi connectivity index (χ0) is 22.6. The second kappa shape index (κ2) is 9.83. The quantitative estimate of drug-likeness (QED) is 0.419. The predicted molar refractivity (Wildman–Crippen MR) is 116 cm³/mol. The van der Waals surface area contributed by atoms with Gasteiger partial charge in [-0.25, -0.2) is 4.98 Å². The summed E-state index contributed by atoms with van der Waals surface area (Å²) in [5, 5.41) is 9.30. The lowest BCUT2D eigenvalue weighted by atomic mass is 9.80. The molecule has 1 fully saturated rings. The van der Waals surface area contributed by atoms with E-state index in [4.69, 9.17) is 4.74 Å². The Labute approximate surface area is 182 Å². The van der Waals surface area contributed by atoms with Crippen molar-refractivity contribution in [3.8, 4) is 11.4 Å². The molecular formula is C22H32F3N3O2Si. The summed E-state index contributed by atoms with van der Waals surface area (Å²) in [7, 11) is -1.28. The summed E-state index contributed by atoms with van der Waals surface area (Å²) in [6.45, 7) is 7.44. The van der Waals surface area contributed by atoms with Gasteiger partial charge in [-0.2, -0.15) is 13.2 Å². The lowest BCUT2D eigenvalue weighted by molar-refractivity contribution is -0.141. The second-order valence-corrected chi connectivity index (χ2v) is 15.3. The number of aliphatic hydroxyl groups is 1. The summed E-state index contributed by atoms with van der Waals surface area (Å²) < 4.78 is 46.9. The number of imidazole rings is 1. The fraction of sp³-hybridized carbons (Fsp3) is 0.636. The van der Waals surface area contributed by atoms with Gasteiger partial charge in [-0.05, 0) is 49.8 Å². The summed E-state index contributed by atoms with van der Waals surface area (Å²) >= 11 is 0. The van der Waals surface area contributed by atoms with Crippen LogP contribution in [0.1, 0.15) is 43.0 Å². The first-order valence-corrected chi connectivity index (χ1v) is 14.6.